The molecule has 1 aromatic heterocycles. The van der Waals surface area contributed by atoms with Crippen molar-refractivity contribution in [3.63, 3.8) is 0 Å². The van der Waals surface area contributed by atoms with Crippen LogP contribution in [0, 0.1) is 6.92 Å². The summed E-state index contributed by atoms with van der Waals surface area (Å²) in [4.78, 5) is 7.85. The fourth-order valence-corrected chi connectivity index (χ4v) is 4.51. The van der Waals surface area contributed by atoms with Crippen LogP contribution in [-0.2, 0) is 19.6 Å². The Kier molecular flexibility index (Phi) is 8.32. The van der Waals surface area contributed by atoms with Crippen LogP contribution in [0.5, 0.6) is 0 Å². The maximum Gasteiger partial charge on any atom is 0.140 e. The molecular weight excluding hydrogens is 414 g/mol. The highest BCUT2D eigenvalue weighted by Crippen LogP contribution is 2.31. The van der Waals surface area contributed by atoms with E-state index in [1.165, 1.54) is 40.8 Å². The van der Waals surface area contributed by atoms with E-state index in [0.717, 1.165) is 44.1 Å². The maximum atomic E-state index is 5.26. The Hall–Kier alpha value is -3.17. The first kappa shape index (κ1) is 24.0. The maximum absolute atomic E-state index is 5.26. The van der Waals surface area contributed by atoms with Gasteiger partial charge in [0.15, 0.2) is 0 Å². The van der Waals surface area contributed by atoms with Gasteiger partial charge in [-0.1, -0.05) is 111 Å². The average molecular weight is 452 g/mol. The van der Waals surface area contributed by atoms with Crippen molar-refractivity contribution in [2.24, 2.45) is 0 Å². The van der Waals surface area contributed by atoms with E-state index < -0.39 is 0 Å². The largest absolute Gasteiger partial charge is 0.326 e. The van der Waals surface area contributed by atoms with Crippen LogP contribution in [0.15, 0.2) is 84.9 Å². The molecule has 0 unspecified atom stereocenters. The molecule has 1 heterocycles. The SMILES string of the molecule is CCCCN(Cc1ccc(C)cc1)Cc1c(-c2ccccc2)nc(-c2ccccc2)n1CCC. The zero-order chi connectivity index (χ0) is 23.8. The molecular formula is C31H37N3. The topological polar surface area (TPSA) is 21.1 Å². The number of aryl methyl sites for hydroxylation is 1. The van der Waals surface area contributed by atoms with E-state index in [1.54, 1.807) is 0 Å². The predicted octanol–water partition coefficient (Wildman–Crippen LogP) is 7.74. The second-order valence-corrected chi connectivity index (χ2v) is 9.16. The Morgan fingerprint density at radius 2 is 1.38 bits per heavy atom. The molecule has 0 fully saturated rings. The Labute approximate surface area is 205 Å². The Morgan fingerprint density at radius 3 is 2.00 bits per heavy atom. The highest BCUT2D eigenvalue weighted by molar-refractivity contribution is 5.68. The van der Waals surface area contributed by atoms with E-state index in [9.17, 15) is 0 Å². The lowest BCUT2D eigenvalue weighted by atomic mass is 10.1. The zero-order valence-electron chi connectivity index (χ0n) is 20.9. The summed E-state index contributed by atoms with van der Waals surface area (Å²) >= 11 is 0. The van der Waals surface area contributed by atoms with Crippen LogP contribution >= 0.6 is 0 Å². The van der Waals surface area contributed by atoms with Crippen LogP contribution in [0.4, 0.5) is 0 Å². The normalized spacial score (nSPS) is 11.3. The van der Waals surface area contributed by atoms with E-state index in [-0.39, 0.29) is 0 Å². The number of nitrogens with zero attached hydrogens (tertiary/aromatic N) is 3. The Morgan fingerprint density at radius 1 is 0.735 bits per heavy atom. The van der Waals surface area contributed by atoms with Crippen molar-refractivity contribution in [2.75, 3.05) is 6.54 Å². The lowest BCUT2D eigenvalue weighted by Crippen LogP contribution is -2.26. The lowest BCUT2D eigenvalue weighted by molar-refractivity contribution is 0.246. The summed E-state index contributed by atoms with van der Waals surface area (Å²) in [5, 5.41) is 0. The van der Waals surface area contributed by atoms with Gasteiger partial charge in [0.1, 0.15) is 5.82 Å². The highest BCUT2D eigenvalue weighted by Gasteiger charge is 2.21. The molecule has 0 aliphatic carbocycles. The van der Waals surface area contributed by atoms with Crippen molar-refractivity contribution in [3.8, 4) is 22.6 Å². The van der Waals surface area contributed by atoms with Gasteiger partial charge in [0.2, 0.25) is 0 Å². The molecule has 0 atom stereocenters. The van der Waals surface area contributed by atoms with E-state index >= 15 is 0 Å². The van der Waals surface area contributed by atoms with Crippen molar-refractivity contribution < 1.29 is 0 Å². The molecule has 0 saturated heterocycles. The average Bonchev–Trinajstić information content (AvgIpc) is 3.23. The molecule has 0 aliphatic rings. The van der Waals surface area contributed by atoms with Crippen LogP contribution in [0.25, 0.3) is 22.6 Å². The first-order valence-corrected chi connectivity index (χ1v) is 12.7. The third-order valence-corrected chi connectivity index (χ3v) is 6.33. The molecule has 0 bridgehead atoms. The minimum absolute atomic E-state index is 0.887. The number of hydrogen-bond donors (Lipinski definition) is 0. The van der Waals surface area contributed by atoms with Crippen molar-refractivity contribution >= 4 is 0 Å². The summed E-state index contributed by atoms with van der Waals surface area (Å²) in [5.74, 6) is 1.07. The molecule has 3 heteroatoms. The molecule has 4 rings (SSSR count). The van der Waals surface area contributed by atoms with Gasteiger partial charge in [-0.05, 0) is 31.9 Å². The fourth-order valence-electron chi connectivity index (χ4n) is 4.51. The Bertz CT molecular complexity index is 1140. The minimum atomic E-state index is 0.887. The monoisotopic (exact) mass is 451 g/mol. The molecule has 3 aromatic carbocycles. The fraction of sp³-hybridized carbons (Fsp3) is 0.323. The van der Waals surface area contributed by atoms with Gasteiger partial charge in [-0.15, -0.1) is 0 Å². The van der Waals surface area contributed by atoms with E-state index in [2.05, 4.69) is 115 Å². The van der Waals surface area contributed by atoms with Gasteiger partial charge in [-0.3, -0.25) is 4.90 Å². The van der Waals surface area contributed by atoms with Crippen molar-refractivity contribution in [1.29, 1.82) is 0 Å². The number of aromatic nitrogens is 2. The summed E-state index contributed by atoms with van der Waals surface area (Å²) in [6.07, 6.45) is 3.46. The number of imidazole rings is 1. The molecule has 3 nitrogen and oxygen atoms in total. The Balaban J connectivity index is 1.77. The van der Waals surface area contributed by atoms with Crippen molar-refractivity contribution in [3.05, 3.63) is 102 Å². The molecule has 0 spiro atoms. The molecule has 0 aliphatic heterocycles. The highest BCUT2D eigenvalue weighted by atomic mass is 15.2. The van der Waals surface area contributed by atoms with E-state index in [4.69, 9.17) is 4.98 Å². The van der Waals surface area contributed by atoms with Gasteiger partial charge in [0.05, 0.1) is 11.4 Å². The van der Waals surface area contributed by atoms with Crippen LogP contribution < -0.4 is 0 Å². The van der Waals surface area contributed by atoms with Gasteiger partial charge >= 0.3 is 0 Å². The van der Waals surface area contributed by atoms with E-state index in [0.29, 0.717) is 0 Å². The quantitative estimate of drug-likeness (QED) is 0.232. The molecule has 0 saturated carbocycles. The third kappa shape index (κ3) is 5.84. The molecule has 34 heavy (non-hydrogen) atoms. The molecule has 0 radical (unpaired) electrons. The number of hydrogen-bond acceptors (Lipinski definition) is 2. The second kappa shape index (κ2) is 11.8. The summed E-state index contributed by atoms with van der Waals surface area (Å²) in [6, 6.07) is 30.3. The predicted molar refractivity (Wildman–Crippen MR) is 144 cm³/mol. The summed E-state index contributed by atoms with van der Waals surface area (Å²) in [5.41, 5.74) is 7.47. The number of rotatable bonds is 11. The van der Waals surface area contributed by atoms with Gasteiger partial charge in [0, 0.05) is 30.8 Å². The second-order valence-electron chi connectivity index (χ2n) is 9.16. The first-order chi connectivity index (χ1) is 16.7. The van der Waals surface area contributed by atoms with Crippen LogP contribution in [0.1, 0.15) is 49.9 Å². The van der Waals surface area contributed by atoms with Crippen molar-refractivity contribution in [2.45, 2.75) is 59.7 Å². The molecule has 176 valence electrons. The van der Waals surface area contributed by atoms with Gasteiger partial charge < -0.3 is 4.57 Å². The zero-order valence-corrected chi connectivity index (χ0v) is 20.9. The van der Waals surface area contributed by atoms with Crippen molar-refractivity contribution in [1.82, 2.24) is 14.5 Å². The summed E-state index contributed by atoms with van der Waals surface area (Å²) < 4.78 is 2.46. The molecule has 0 N–H and O–H groups in total. The smallest absolute Gasteiger partial charge is 0.140 e. The lowest BCUT2D eigenvalue weighted by Gasteiger charge is -2.24. The standard InChI is InChI=1S/C31H37N3/c1-4-6-22-33(23-26-19-17-25(3)18-20-26)24-29-30(27-13-9-7-10-14-27)32-31(34(29)21-5-2)28-15-11-8-12-16-28/h7-20H,4-6,21-24H2,1-3H3. The molecule has 0 amide bonds. The first-order valence-electron chi connectivity index (χ1n) is 12.7. The van der Waals surface area contributed by atoms with Crippen LogP contribution in [-0.4, -0.2) is 21.0 Å². The van der Waals surface area contributed by atoms with Gasteiger partial charge in [-0.2, -0.15) is 0 Å². The van der Waals surface area contributed by atoms with Crippen LogP contribution in [0.3, 0.4) is 0 Å². The summed E-state index contributed by atoms with van der Waals surface area (Å²) in [7, 11) is 0. The third-order valence-electron chi connectivity index (χ3n) is 6.33. The minimum Gasteiger partial charge on any atom is -0.326 e. The van der Waals surface area contributed by atoms with Gasteiger partial charge in [0.25, 0.3) is 0 Å². The van der Waals surface area contributed by atoms with Crippen LogP contribution in [0.2, 0.25) is 0 Å². The summed E-state index contributed by atoms with van der Waals surface area (Å²) in [6.45, 7) is 10.6. The number of benzene rings is 3. The van der Waals surface area contributed by atoms with E-state index in [1.807, 2.05) is 0 Å². The van der Waals surface area contributed by atoms with Gasteiger partial charge in [-0.25, -0.2) is 4.98 Å². The molecule has 4 aromatic rings. The number of unbranched alkanes of at least 4 members (excludes halogenated alkanes) is 1.